The number of nitrogens with one attached hydrogen (secondary N) is 1. The lowest BCUT2D eigenvalue weighted by Crippen LogP contribution is -2.38. The van der Waals surface area contributed by atoms with Crippen LogP contribution in [0.3, 0.4) is 0 Å². The summed E-state index contributed by atoms with van der Waals surface area (Å²) in [7, 11) is 2.08. The first kappa shape index (κ1) is 13.0. The van der Waals surface area contributed by atoms with Gasteiger partial charge >= 0.3 is 0 Å². The predicted molar refractivity (Wildman–Crippen MR) is 69.1 cm³/mol. The van der Waals surface area contributed by atoms with E-state index >= 15 is 0 Å². The Bertz CT molecular complexity index is 447. The molecule has 98 valence electrons. The molecule has 3 nitrogen and oxygen atoms in total. The second-order valence-electron chi connectivity index (χ2n) is 4.95. The summed E-state index contributed by atoms with van der Waals surface area (Å²) in [5.41, 5.74) is 1.02. The second kappa shape index (κ2) is 5.48. The first-order chi connectivity index (χ1) is 8.58. The van der Waals surface area contributed by atoms with Crippen molar-refractivity contribution in [1.29, 1.82) is 0 Å². The Labute approximate surface area is 107 Å². The topological polar surface area (TPSA) is 32.3 Å². The van der Waals surface area contributed by atoms with Gasteiger partial charge in [0.05, 0.1) is 0 Å². The average molecular weight is 250 g/mol. The van der Waals surface area contributed by atoms with E-state index in [0.717, 1.165) is 13.0 Å². The molecule has 1 aromatic carbocycles. The monoisotopic (exact) mass is 250 g/mol. The second-order valence-corrected chi connectivity index (χ2v) is 4.95. The maximum absolute atomic E-state index is 13.1. The number of benzene rings is 1. The zero-order valence-corrected chi connectivity index (χ0v) is 10.9. The molecule has 1 aliphatic heterocycles. The molecule has 1 unspecified atom stereocenters. The third-order valence-electron chi connectivity index (χ3n) is 3.59. The number of hydrogen-bond acceptors (Lipinski definition) is 2. The third kappa shape index (κ3) is 2.88. The highest BCUT2D eigenvalue weighted by atomic mass is 19.1. The highest BCUT2D eigenvalue weighted by Crippen LogP contribution is 2.14. The third-order valence-corrected chi connectivity index (χ3v) is 3.59. The lowest BCUT2D eigenvalue weighted by molar-refractivity contribution is 0.0943. The fourth-order valence-electron chi connectivity index (χ4n) is 2.34. The van der Waals surface area contributed by atoms with Crippen LogP contribution in [-0.4, -0.2) is 37.0 Å². The number of likely N-dealkylation sites (tertiary alicyclic amines) is 1. The van der Waals surface area contributed by atoms with Crippen molar-refractivity contribution in [2.45, 2.75) is 25.8 Å². The first-order valence-electron chi connectivity index (χ1n) is 6.32. The molecule has 1 heterocycles. The number of nitrogens with zero attached hydrogens (tertiary/aromatic N) is 1. The quantitative estimate of drug-likeness (QED) is 0.889. The number of carbonyl (C=O) groups excluding carboxylic acids is 1. The summed E-state index contributed by atoms with van der Waals surface area (Å²) in [4.78, 5) is 14.2. The van der Waals surface area contributed by atoms with Crippen LogP contribution in [0.2, 0.25) is 0 Å². The van der Waals surface area contributed by atoms with Crippen LogP contribution in [-0.2, 0) is 0 Å². The van der Waals surface area contributed by atoms with Crippen LogP contribution in [0.5, 0.6) is 0 Å². The molecule has 1 saturated heterocycles. The Morgan fingerprint density at radius 2 is 2.33 bits per heavy atom. The molecule has 1 N–H and O–H groups in total. The van der Waals surface area contributed by atoms with E-state index in [1.165, 1.54) is 18.6 Å². The standard InChI is InChI=1S/C14H19FN2O/c1-10-8-11(5-6-13(10)15)14(18)16-9-12-4-3-7-17(12)2/h5-6,8,12H,3-4,7,9H2,1-2H3,(H,16,18). The number of likely N-dealkylation sites (N-methyl/N-ethyl adjacent to an activating group) is 1. The van der Waals surface area contributed by atoms with Crippen molar-refractivity contribution in [3.8, 4) is 0 Å². The summed E-state index contributed by atoms with van der Waals surface area (Å²) in [6.45, 7) is 3.42. The minimum absolute atomic E-state index is 0.126. The van der Waals surface area contributed by atoms with Crippen LogP contribution in [0.15, 0.2) is 18.2 Å². The number of rotatable bonds is 3. The maximum Gasteiger partial charge on any atom is 0.251 e. The van der Waals surface area contributed by atoms with E-state index < -0.39 is 0 Å². The Morgan fingerprint density at radius 3 is 2.94 bits per heavy atom. The molecule has 0 bridgehead atoms. The molecule has 18 heavy (non-hydrogen) atoms. The summed E-state index contributed by atoms with van der Waals surface area (Å²) in [6, 6.07) is 4.88. The highest BCUT2D eigenvalue weighted by molar-refractivity contribution is 5.94. The number of aryl methyl sites for hydroxylation is 1. The normalized spacial score (nSPS) is 20.1. The van der Waals surface area contributed by atoms with E-state index in [2.05, 4.69) is 17.3 Å². The van der Waals surface area contributed by atoms with Gasteiger partial charge in [-0.2, -0.15) is 0 Å². The number of carbonyl (C=O) groups is 1. The molecule has 0 radical (unpaired) electrons. The van der Waals surface area contributed by atoms with Crippen LogP contribution >= 0.6 is 0 Å². The summed E-state index contributed by atoms with van der Waals surface area (Å²) in [6.07, 6.45) is 2.31. The van der Waals surface area contributed by atoms with Gasteiger partial charge in [0.15, 0.2) is 0 Å². The Morgan fingerprint density at radius 1 is 1.56 bits per heavy atom. The molecule has 2 rings (SSSR count). The SMILES string of the molecule is Cc1cc(C(=O)NCC2CCCN2C)ccc1F. The van der Waals surface area contributed by atoms with Gasteiger partial charge in [-0.1, -0.05) is 0 Å². The first-order valence-corrected chi connectivity index (χ1v) is 6.32. The van der Waals surface area contributed by atoms with Crippen molar-refractivity contribution in [2.75, 3.05) is 20.1 Å². The summed E-state index contributed by atoms with van der Waals surface area (Å²) >= 11 is 0. The van der Waals surface area contributed by atoms with Crippen LogP contribution in [0.4, 0.5) is 4.39 Å². The van der Waals surface area contributed by atoms with Crippen LogP contribution < -0.4 is 5.32 Å². The molecule has 0 aliphatic carbocycles. The van der Waals surface area contributed by atoms with Gasteiger partial charge in [0.25, 0.3) is 5.91 Å². The Kier molecular flexibility index (Phi) is 3.97. The predicted octanol–water partition coefficient (Wildman–Crippen LogP) is 1.96. The zero-order chi connectivity index (χ0) is 13.1. The van der Waals surface area contributed by atoms with Crippen molar-refractivity contribution >= 4 is 5.91 Å². The molecule has 0 spiro atoms. The average Bonchev–Trinajstić information content (AvgIpc) is 2.75. The van der Waals surface area contributed by atoms with Crippen molar-refractivity contribution in [3.63, 3.8) is 0 Å². The number of hydrogen-bond donors (Lipinski definition) is 1. The molecule has 1 aliphatic rings. The van der Waals surface area contributed by atoms with Crippen LogP contribution in [0, 0.1) is 12.7 Å². The lowest BCUT2D eigenvalue weighted by atomic mass is 10.1. The van der Waals surface area contributed by atoms with E-state index in [-0.39, 0.29) is 11.7 Å². The van der Waals surface area contributed by atoms with Crippen molar-refractivity contribution < 1.29 is 9.18 Å². The van der Waals surface area contributed by atoms with Gasteiger partial charge in [-0.15, -0.1) is 0 Å². The molecule has 1 atom stereocenters. The molecular formula is C14H19FN2O. The summed E-state index contributed by atoms with van der Waals surface area (Å²) in [5, 5.41) is 2.91. The van der Waals surface area contributed by atoms with Gasteiger partial charge in [-0.3, -0.25) is 4.79 Å². The van der Waals surface area contributed by atoms with Crippen LogP contribution in [0.25, 0.3) is 0 Å². The molecule has 1 fully saturated rings. The minimum Gasteiger partial charge on any atom is -0.350 e. The van der Waals surface area contributed by atoms with Crippen molar-refractivity contribution in [2.24, 2.45) is 0 Å². The van der Waals surface area contributed by atoms with Crippen LogP contribution in [0.1, 0.15) is 28.8 Å². The maximum atomic E-state index is 13.1. The largest absolute Gasteiger partial charge is 0.350 e. The fraction of sp³-hybridized carbons (Fsp3) is 0.500. The summed E-state index contributed by atoms with van der Waals surface area (Å²) < 4.78 is 13.1. The molecule has 1 amide bonds. The Balaban J connectivity index is 1.93. The molecule has 0 saturated carbocycles. The van der Waals surface area contributed by atoms with Gasteiger partial charge in [-0.05, 0) is 57.1 Å². The van der Waals surface area contributed by atoms with Gasteiger partial charge in [0, 0.05) is 18.2 Å². The van der Waals surface area contributed by atoms with Gasteiger partial charge < -0.3 is 10.2 Å². The highest BCUT2D eigenvalue weighted by Gasteiger charge is 2.21. The van der Waals surface area contributed by atoms with Gasteiger partial charge in [0.1, 0.15) is 5.82 Å². The van der Waals surface area contributed by atoms with E-state index in [1.807, 2.05) is 0 Å². The zero-order valence-electron chi connectivity index (χ0n) is 10.9. The van der Waals surface area contributed by atoms with Crippen molar-refractivity contribution in [1.82, 2.24) is 10.2 Å². The van der Waals surface area contributed by atoms with E-state index in [0.29, 0.717) is 23.7 Å². The molecular weight excluding hydrogens is 231 g/mol. The van der Waals surface area contributed by atoms with E-state index in [9.17, 15) is 9.18 Å². The molecule has 1 aromatic rings. The van der Waals surface area contributed by atoms with Gasteiger partial charge in [0.2, 0.25) is 0 Å². The van der Waals surface area contributed by atoms with E-state index in [1.54, 1.807) is 13.0 Å². The molecule has 4 heteroatoms. The van der Waals surface area contributed by atoms with Crippen molar-refractivity contribution in [3.05, 3.63) is 35.1 Å². The lowest BCUT2D eigenvalue weighted by Gasteiger charge is -2.19. The van der Waals surface area contributed by atoms with Gasteiger partial charge in [-0.25, -0.2) is 4.39 Å². The molecule has 0 aromatic heterocycles. The number of halogens is 1. The van der Waals surface area contributed by atoms with E-state index in [4.69, 9.17) is 0 Å². The minimum atomic E-state index is -0.276. The fourth-order valence-corrected chi connectivity index (χ4v) is 2.34. The summed E-state index contributed by atoms with van der Waals surface area (Å²) in [5.74, 6) is -0.402. The Hall–Kier alpha value is -1.42. The number of amides is 1. The smallest absolute Gasteiger partial charge is 0.251 e.